The second kappa shape index (κ2) is 8.66. The number of nitrogens with one attached hydrogen (secondary N) is 1. The van der Waals surface area contributed by atoms with Gasteiger partial charge >= 0.3 is 12.3 Å². The number of alkyl halides is 3. The summed E-state index contributed by atoms with van der Waals surface area (Å²) in [6.45, 7) is 0. The Labute approximate surface area is 162 Å². The van der Waals surface area contributed by atoms with Gasteiger partial charge in [0.2, 0.25) is 10.0 Å². The van der Waals surface area contributed by atoms with Crippen LogP contribution in [0.4, 0.5) is 17.6 Å². The molecule has 2 aromatic carbocycles. The number of aromatic hydroxyl groups is 1. The summed E-state index contributed by atoms with van der Waals surface area (Å²) in [7, 11) is -3.33. The van der Waals surface area contributed by atoms with Crippen LogP contribution < -0.4 is 9.46 Å². The van der Waals surface area contributed by atoms with Crippen LogP contribution in [0.15, 0.2) is 47.4 Å². The SMILES string of the molecule is COC(=O)[C@H](Cc1ccc(O)c(F)c1)NS(=O)(=O)c1ccc(OC(F)(F)F)cc1. The first-order valence-electron chi connectivity index (χ1n) is 7.84. The van der Waals surface area contributed by atoms with E-state index in [4.69, 9.17) is 0 Å². The third-order valence-electron chi connectivity index (χ3n) is 3.60. The zero-order chi connectivity index (χ0) is 21.8. The number of sulfonamides is 1. The molecule has 12 heteroatoms. The van der Waals surface area contributed by atoms with Crippen LogP contribution in [0.5, 0.6) is 11.5 Å². The van der Waals surface area contributed by atoms with Crippen molar-refractivity contribution in [1.29, 1.82) is 0 Å². The monoisotopic (exact) mass is 437 g/mol. The number of phenolic OH excluding ortho intramolecular Hbond substituents is 1. The largest absolute Gasteiger partial charge is 0.573 e. The molecule has 7 nitrogen and oxygen atoms in total. The predicted molar refractivity (Wildman–Crippen MR) is 91.0 cm³/mol. The molecule has 2 rings (SSSR count). The highest BCUT2D eigenvalue weighted by Crippen LogP contribution is 2.24. The highest BCUT2D eigenvalue weighted by molar-refractivity contribution is 7.89. The van der Waals surface area contributed by atoms with Crippen molar-refractivity contribution in [2.45, 2.75) is 23.7 Å². The smallest absolute Gasteiger partial charge is 0.505 e. The summed E-state index contributed by atoms with van der Waals surface area (Å²) in [5, 5.41) is 9.20. The molecule has 1 atom stereocenters. The zero-order valence-corrected chi connectivity index (χ0v) is 15.6. The Bertz CT molecular complexity index is 976. The number of hydrogen-bond donors (Lipinski definition) is 2. The molecule has 29 heavy (non-hydrogen) atoms. The highest BCUT2D eigenvalue weighted by Gasteiger charge is 2.31. The molecule has 2 N–H and O–H groups in total. The second-order valence-electron chi connectivity index (χ2n) is 5.71. The molecule has 0 aliphatic rings. The topological polar surface area (TPSA) is 102 Å². The van der Waals surface area contributed by atoms with Gasteiger partial charge in [-0.05, 0) is 48.4 Å². The number of halogens is 4. The molecule has 0 aromatic heterocycles. The molecule has 0 saturated carbocycles. The lowest BCUT2D eigenvalue weighted by Crippen LogP contribution is -2.43. The number of benzene rings is 2. The fourth-order valence-corrected chi connectivity index (χ4v) is 3.49. The van der Waals surface area contributed by atoms with Crippen molar-refractivity contribution in [1.82, 2.24) is 4.72 Å². The van der Waals surface area contributed by atoms with E-state index in [1.54, 1.807) is 0 Å². The van der Waals surface area contributed by atoms with Crippen molar-refractivity contribution in [2.75, 3.05) is 7.11 Å². The van der Waals surface area contributed by atoms with Gasteiger partial charge < -0.3 is 14.6 Å². The van der Waals surface area contributed by atoms with Crippen molar-refractivity contribution >= 4 is 16.0 Å². The van der Waals surface area contributed by atoms with Gasteiger partial charge in [-0.15, -0.1) is 13.2 Å². The quantitative estimate of drug-likeness (QED) is 0.510. The molecule has 0 radical (unpaired) electrons. The van der Waals surface area contributed by atoms with E-state index in [1.165, 1.54) is 6.07 Å². The molecule has 0 saturated heterocycles. The molecule has 0 amide bonds. The Hall–Kier alpha value is -2.86. The Kier molecular flexibility index (Phi) is 6.69. The number of carbonyl (C=O) groups is 1. The van der Waals surface area contributed by atoms with E-state index in [0.717, 1.165) is 43.5 Å². The van der Waals surface area contributed by atoms with E-state index >= 15 is 0 Å². The van der Waals surface area contributed by atoms with Crippen LogP contribution in [0.3, 0.4) is 0 Å². The second-order valence-corrected chi connectivity index (χ2v) is 7.42. The lowest BCUT2D eigenvalue weighted by Gasteiger charge is -2.17. The zero-order valence-electron chi connectivity index (χ0n) is 14.7. The van der Waals surface area contributed by atoms with Crippen LogP contribution in [0.25, 0.3) is 0 Å². The molecule has 0 unspecified atom stereocenters. The van der Waals surface area contributed by atoms with E-state index in [1.807, 2.05) is 0 Å². The van der Waals surface area contributed by atoms with Gasteiger partial charge in [0, 0.05) is 0 Å². The fraction of sp³-hybridized carbons (Fsp3) is 0.235. The van der Waals surface area contributed by atoms with E-state index in [9.17, 15) is 35.9 Å². The predicted octanol–water partition coefficient (Wildman–Crippen LogP) is 2.49. The number of ether oxygens (including phenoxy) is 2. The van der Waals surface area contributed by atoms with Crippen molar-refractivity contribution in [3.05, 3.63) is 53.8 Å². The molecular formula is C17H15F4NO6S. The van der Waals surface area contributed by atoms with E-state index < -0.39 is 50.6 Å². The van der Waals surface area contributed by atoms with E-state index in [0.29, 0.717) is 0 Å². The Morgan fingerprint density at radius 3 is 2.31 bits per heavy atom. The normalized spacial score (nSPS) is 13.0. The van der Waals surface area contributed by atoms with Gasteiger partial charge in [0.15, 0.2) is 11.6 Å². The highest BCUT2D eigenvalue weighted by atomic mass is 32.2. The molecule has 0 fully saturated rings. The number of methoxy groups -OCH3 is 1. The fourth-order valence-electron chi connectivity index (χ4n) is 2.30. The van der Waals surface area contributed by atoms with Gasteiger partial charge in [0.25, 0.3) is 0 Å². The standard InChI is InChI=1S/C17H15F4NO6S/c1-27-16(24)14(9-10-2-7-15(23)13(18)8-10)22-29(25,26)12-5-3-11(4-6-12)28-17(19,20)21/h2-8,14,22-23H,9H2,1H3/t14-/m0/s1. The first-order valence-corrected chi connectivity index (χ1v) is 9.33. The number of phenols is 1. The van der Waals surface area contributed by atoms with Gasteiger partial charge in [-0.1, -0.05) is 6.07 Å². The number of rotatable bonds is 7. The third kappa shape index (κ3) is 6.32. The molecule has 2 aromatic rings. The first kappa shape index (κ1) is 22.4. The molecule has 0 bridgehead atoms. The van der Waals surface area contributed by atoms with E-state index in [2.05, 4.69) is 14.2 Å². The molecular weight excluding hydrogens is 422 g/mol. The van der Waals surface area contributed by atoms with Gasteiger partial charge in [0.1, 0.15) is 11.8 Å². The average molecular weight is 437 g/mol. The van der Waals surface area contributed by atoms with Crippen LogP contribution in [0.2, 0.25) is 0 Å². The molecule has 158 valence electrons. The summed E-state index contributed by atoms with van der Waals surface area (Å²) in [5.41, 5.74) is 0.187. The minimum Gasteiger partial charge on any atom is -0.505 e. The average Bonchev–Trinajstić information content (AvgIpc) is 2.62. The number of esters is 1. The summed E-state index contributed by atoms with van der Waals surface area (Å²) in [5.74, 6) is -3.18. The Balaban J connectivity index is 2.22. The van der Waals surface area contributed by atoms with Crippen LogP contribution in [0, 0.1) is 5.82 Å². The van der Waals surface area contributed by atoms with Gasteiger partial charge in [0.05, 0.1) is 12.0 Å². The van der Waals surface area contributed by atoms with Crippen molar-refractivity contribution in [3.8, 4) is 11.5 Å². The Morgan fingerprint density at radius 1 is 1.17 bits per heavy atom. The Morgan fingerprint density at radius 2 is 1.79 bits per heavy atom. The summed E-state index contributed by atoms with van der Waals surface area (Å²) < 4.78 is 85.3. The lowest BCUT2D eigenvalue weighted by atomic mass is 10.1. The summed E-state index contributed by atoms with van der Waals surface area (Å²) >= 11 is 0. The molecule has 0 heterocycles. The molecule has 0 aliphatic carbocycles. The van der Waals surface area contributed by atoms with Crippen molar-refractivity contribution < 1.29 is 45.4 Å². The maximum atomic E-state index is 13.5. The maximum absolute atomic E-state index is 13.5. The van der Waals surface area contributed by atoms with Gasteiger partial charge in [-0.3, -0.25) is 4.79 Å². The maximum Gasteiger partial charge on any atom is 0.573 e. The molecule has 0 spiro atoms. The number of carbonyl (C=O) groups excluding carboxylic acids is 1. The summed E-state index contributed by atoms with van der Waals surface area (Å²) in [6, 6.07) is 5.09. The van der Waals surface area contributed by atoms with Gasteiger partial charge in [-0.25, -0.2) is 12.8 Å². The van der Waals surface area contributed by atoms with Crippen molar-refractivity contribution in [2.24, 2.45) is 0 Å². The van der Waals surface area contributed by atoms with Crippen LogP contribution in [-0.2, 0) is 26.0 Å². The minimum atomic E-state index is -4.94. The van der Waals surface area contributed by atoms with Crippen LogP contribution in [-0.4, -0.2) is 39.0 Å². The van der Waals surface area contributed by atoms with Crippen LogP contribution in [0.1, 0.15) is 5.56 Å². The van der Waals surface area contributed by atoms with Crippen molar-refractivity contribution in [3.63, 3.8) is 0 Å². The summed E-state index contributed by atoms with van der Waals surface area (Å²) in [6.07, 6.45) is -5.24. The summed E-state index contributed by atoms with van der Waals surface area (Å²) in [4.78, 5) is 11.5. The lowest BCUT2D eigenvalue weighted by molar-refractivity contribution is -0.274. The van der Waals surface area contributed by atoms with E-state index in [-0.39, 0.29) is 12.0 Å². The third-order valence-corrected chi connectivity index (χ3v) is 5.09. The minimum absolute atomic E-state index is 0.187. The number of hydrogen-bond acceptors (Lipinski definition) is 6. The molecule has 0 aliphatic heterocycles. The first-order chi connectivity index (χ1) is 13.4. The van der Waals surface area contributed by atoms with Gasteiger partial charge in [-0.2, -0.15) is 4.72 Å². The van der Waals surface area contributed by atoms with Crippen LogP contribution >= 0.6 is 0 Å².